The van der Waals surface area contributed by atoms with E-state index in [1.807, 2.05) is 0 Å². The predicted octanol–water partition coefficient (Wildman–Crippen LogP) is 2.66. The summed E-state index contributed by atoms with van der Waals surface area (Å²) in [5, 5.41) is 18.1. The lowest BCUT2D eigenvalue weighted by Gasteiger charge is -2.37. The van der Waals surface area contributed by atoms with E-state index in [1.165, 1.54) is 18.2 Å². The van der Waals surface area contributed by atoms with Crippen LogP contribution in [-0.2, 0) is 4.79 Å². The Morgan fingerprint density at radius 3 is 2.71 bits per heavy atom. The summed E-state index contributed by atoms with van der Waals surface area (Å²) >= 11 is 1.23. The van der Waals surface area contributed by atoms with E-state index in [1.54, 1.807) is 0 Å². The number of aromatic nitrogens is 3. The Morgan fingerprint density at radius 2 is 2.10 bits per heavy atom. The van der Waals surface area contributed by atoms with Crippen molar-refractivity contribution in [3.05, 3.63) is 0 Å². The molecule has 0 aliphatic carbocycles. The highest BCUT2D eigenvalue weighted by Crippen LogP contribution is 2.31. The molecule has 2 rings (SSSR count). The van der Waals surface area contributed by atoms with Crippen molar-refractivity contribution in [2.24, 2.45) is 5.92 Å². The molecule has 1 saturated heterocycles. The molecule has 2 heterocycles. The van der Waals surface area contributed by atoms with Gasteiger partial charge in [0.25, 0.3) is 0 Å². The van der Waals surface area contributed by atoms with Crippen molar-refractivity contribution < 1.29 is 9.90 Å². The zero-order valence-electron chi connectivity index (χ0n) is 13.1. The second-order valence-electron chi connectivity index (χ2n) is 6.11. The molecule has 0 bridgehead atoms. The molecule has 0 amide bonds. The fourth-order valence-corrected chi connectivity index (χ4v) is 3.49. The number of carbonyl (C=O) groups is 1. The third-order valence-corrected chi connectivity index (χ3v) is 4.79. The fourth-order valence-electron chi connectivity index (χ4n) is 2.71. The standard InChI is InChI=1S/C14H24N4O2S/c1-9(2)18-13(15-16-14(18)21-8-12(19)20)17-7-10(3)5-6-11(17)4/h9-11H,5-8H2,1-4H3,(H,19,20). The molecule has 2 atom stereocenters. The summed E-state index contributed by atoms with van der Waals surface area (Å²) in [6.45, 7) is 9.62. The Morgan fingerprint density at radius 1 is 1.38 bits per heavy atom. The second kappa shape index (κ2) is 6.68. The van der Waals surface area contributed by atoms with Gasteiger partial charge in [0.1, 0.15) is 0 Å². The average Bonchev–Trinajstić information content (AvgIpc) is 2.83. The molecule has 21 heavy (non-hydrogen) atoms. The molecule has 118 valence electrons. The molecule has 0 saturated carbocycles. The van der Waals surface area contributed by atoms with E-state index in [-0.39, 0.29) is 11.8 Å². The molecule has 1 aliphatic heterocycles. The minimum Gasteiger partial charge on any atom is -0.481 e. The highest BCUT2D eigenvalue weighted by Gasteiger charge is 2.28. The van der Waals surface area contributed by atoms with Crippen LogP contribution in [0.5, 0.6) is 0 Å². The average molecular weight is 312 g/mol. The van der Waals surface area contributed by atoms with Crippen LogP contribution in [0, 0.1) is 5.92 Å². The molecule has 1 N–H and O–H groups in total. The van der Waals surface area contributed by atoms with Gasteiger partial charge in [0, 0.05) is 18.6 Å². The van der Waals surface area contributed by atoms with E-state index < -0.39 is 5.97 Å². The van der Waals surface area contributed by atoms with Gasteiger partial charge in [-0.2, -0.15) is 0 Å². The number of aliphatic carboxylic acids is 1. The monoisotopic (exact) mass is 312 g/mol. The molecular formula is C14H24N4O2S. The molecule has 6 nitrogen and oxygen atoms in total. The number of hydrogen-bond donors (Lipinski definition) is 1. The highest BCUT2D eigenvalue weighted by atomic mass is 32.2. The molecule has 2 unspecified atom stereocenters. The summed E-state index contributed by atoms with van der Waals surface area (Å²) in [7, 11) is 0. The quantitative estimate of drug-likeness (QED) is 0.843. The van der Waals surface area contributed by atoms with Gasteiger partial charge in [-0.05, 0) is 39.5 Å². The first-order valence-corrected chi connectivity index (χ1v) is 8.44. The van der Waals surface area contributed by atoms with Crippen LogP contribution in [0.3, 0.4) is 0 Å². The first-order chi connectivity index (χ1) is 9.90. The lowest BCUT2D eigenvalue weighted by atomic mass is 9.95. The van der Waals surface area contributed by atoms with Gasteiger partial charge in [-0.25, -0.2) is 0 Å². The number of hydrogen-bond acceptors (Lipinski definition) is 5. The Labute approximate surface area is 129 Å². The third-order valence-electron chi connectivity index (χ3n) is 3.86. The molecule has 0 radical (unpaired) electrons. The van der Waals surface area contributed by atoms with Crippen molar-refractivity contribution >= 4 is 23.7 Å². The molecule has 1 aromatic heterocycles. The number of piperidine rings is 1. The van der Waals surface area contributed by atoms with Crippen molar-refractivity contribution in [2.45, 2.75) is 57.8 Å². The first-order valence-electron chi connectivity index (χ1n) is 7.46. The van der Waals surface area contributed by atoms with Gasteiger partial charge in [0.15, 0.2) is 5.16 Å². The van der Waals surface area contributed by atoms with Crippen LogP contribution in [0.15, 0.2) is 5.16 Å². The summed E-state index contributed by atoms with van der Waals surface area (Å²) in [5.41, 5.74) is 0. The number of thioether (sulfide) groups is 1. The van der Waals surface area contributed by atoms with Gasteiger partial charge in [0.2, 0.25) is 5.95 Å². The van der Waals surface area contributed by atoms with E-state index in [0.29, 0.717) is 17.1 Å². The van der Waals surface area contributed by atoms with E-state index in [0.717, 1.165) is 18.9 Å². The Hall–Kier alpha value is -1.24. The third kappa shape index (κ3) is 3.70. The minimum absolute atomic E-state index is 0.0107. The van der Waals surface area contributed by atoms with E-state index in [2.05, 4.69) is 47.4 Å². The predicted molar refractivity (Wildman–Crippen MR) is 84.0 cm³/mol. The number of carboxylic acids is 1. The Kier molecular flexibility index (Phi) is 5.13. The van der Waals surface area contributed by atoms with Crippen LogP contribution in [-0.4, -0.2) is 44.2 Å². The molecule has 1 aliphatic rings. The number of nitrogens with zero attached hydrogens (tertiary/aromatic N) is 4. The number of carboxylic acid groups (broad SMARTS) is 1. The van der Waals surface area contributed by atoms with Crippen LogP contribution in [0.4, 0.5) is 5.95 Å². The van der Waals surface area contributed by atoms with Crippen molar-refractivity contribution in [1.29, 1.82) is 0 Å². The zero-order valence-corrected chi connectivity index (χ0v) is 13.9. The lowest BCUT2D eigenvalue weighted by molar-refractivity contribution is -0.133. The van der Waals surface area contributed by atoms with Crippen molar-refractivity contribution in [1.82, 2.24) is 14.8 Å². The van der Waals surface area contributed by atoms with Crippen molar-refractivity contribution in [3.8, 4) is 0 Å². The maximum Gasteiger partial charge on any atom is 0.313 e. The Balaban J connectivity index is 2.28. The maximum absolute atomic E-state index is 10.8. The zero-order chi connectivity index (χ0) is 15.6. The van der Waals surface area contributed by atoms with Crippen LogP contribution in [0.1, 0.15) is 46.6 Å². The van der Waals surface area contributed by atoms with Crippen LogP contribution >= 0.6 is 11.8 Å². The second-order valence-corrected chi connectivity index (χ2v) is 7.06. The molecular weight excluding hydrogens is 288 g/mol. The summed E-state index contributed by atoms with van der Waals surface area (Å²) < 4.78 is 2.06. The number of anilines is 1. The van der Waals surface area contributed by atoms with Gasteiger partial charge < -0.3 is 10.0 Å². The van der Waals surface area contributed by atoms with Gasteiger partial charge in [0.05, 0.1) is 5.75 Å². The van der Waals surface area contributed by atoms with Crippen molar-refractivity contribution in [3.63, 3.8) is 0 Å². The van der Waals surface area contributed by atoms with Crippen LogP contribution < -0.4 is 4.90 Å². The number of rotatable bonds is 5. The highest BCUT2D eigenvalue weighted by molar-refractivity contribution is 7.99. The van der Waals surface area contributed by atoms with E-state index in [9.17, 15) is 4.79 Å². The summed E-state index contributed by atoms with van der Waals surface area (Å²) in [6, 6.07) is 0.649. The van der Waals surface area contributed by atoms with E-state index >= 15 is 0 Å². The summed E-state index contributed by atoms with van der Waals surface area (Å²) in [5.74, 6) is 0.696. The fraction of sp³-hybridized carbons (Fsp3) is 0.786. The van der Waals surface area contributed by atoms with Gasteiger partial charge >= 0.3 is 5.97 Å². The molecule has 0 aromatic carbocycles. The molecule has 0 spiro atoms. The SMILES string of the molecule is CC1CCC(C)N(c2nnc(SCC(=O)O)n2C(C)C)C1. The Bertz CT molecular complexity index is 503. The molecule has 1 fully saturated rings. The van der Waals surface area contributed by atoms with E-state index in [4.69, 9.17) is 5.11 Å². The van der Waals surface area contributed by atoms with Gasteiger partial charge in [-0.3, -0.25) is 9.36 Å². The summed E-state index contributed by atoms with van der Waals surface area (Å²) in [4.78, 5) is 13.1. The van der Waals surface area contributed by atoms with Crippen LogP contribution in [0.2, 0.25) is 0 Å². The maximum atomic E-state index is 10.8. The largest absolute Gasteiger partial charge is 0.481 e. The first kappa shape index (κ1) is 16.1. The lowest BCUT2D eigenvalue weighted by Crippen LogP contribution is -2.42. The van der Waals surface area contributed by atoms with Gasteiger partial charge in [-0.1, -0.05) is 18.7 Å². The van der Waals surface area contributed by atoms with Gasteiger partial charge in [-0.15, -0.1) is 10.2 Å². The molecule has 1 aromatic rings. The molecule has 7 heteroatoms. The van der Waals surface area contributed by atoms with Crippen LogP contribution in [0.25, 0.3) is 0 Å². The minimum atomic E-state index is -0.834. The topological polar surface area (TPSA) is 71.2 Å². The summed E-state index contributed by atoms with van der Waals surface area (Å²) in [6.07, 6.45) is 2.40. The smallest absolute Gasteiger partial charge is 0.313 e. The normalized spacial score (nSPS) is 22.8. The van der Waals surface area contributed by atoms with Crippen molar-refractivity contribution in [2.75, 3.05) is 17.2 Å².